The van der Waals surface area contributed by atoms with E-state index in [2.05, 4.69) is 5.32 Å². The van der Waals surface area contributed by atoms with Gasteiger partial charge in [-0.1, -0.05) is 92.2 Å². The molecule has 0 radical (unpaired) electrons. The zero-order chi connectivity index (χ0) is 27.5. The molecule has 1 aliphatic rings. The van der Waals surface area contributed by atoms with Crippen molar-refractivity contribution in [2.24, 2.45) is 17.1 Å². The maximum atomic E-state index is 13.5. The van der Waals surface area contributed by atoms with E-state index in [1.807, 2.05) is 73.3 Å². The number of aliphatic hydroxyl groups excluding tert-OH is 1. The minimum Gasteiger partial charge on any atom is -0.391 e. The van der Waals surface area contributed by atoms with Crippen molar-refractivity contribution in [1.82, 2.24) is 10.2 Å². The summed E-state index contributed by atoms with van der Waals surface area (Å²) in [6, 6.07) is 17.3. The maximum Gasteiger partial charge on any atom is 0.249 e. The molecular weight excluding hydrogens is 498 g/mol. The molecule has 7 heteroatoms. The molecule has 0 aliphatic heterocycles. The lowest BCUT2D eigenvalue weighted by Gasteiger charge is -2.41. The Labute approximate surface area is 231 Å². The molecule has 0 heterocycles. The zero-order valence-corrected chi connectivity index (χ0v) is 23.2. The molecule has 3 rings (SSSR count). The molecule has 1 unspecified atom stereocenters. The second kappa shape index (κ2) is 14.3. The molecule has 0 aromatic heterocycles. The van der Waals surface area contributed by atoms with Gasteiger partial charge < -0.3 is 21.1 Å². The maximum absolute atomic E-state index is 13.5. The monoisotopic (exact) mass is 537 g/mol. The predicted molar refractivity (Wildman–Crippen MR) is 153 cm³/mol. The normalized spacial score (nSPS) is 18.5. The molecule has 0 fully saturated rings. The highest BCUT2D eigenvalue weighted by Gasteiger charge is 2.47. The highest BCUT2D eigenvalue weighted by molar-refractivity contribution is 6.31. The molecule has 2 aromatic rings. The van der Waals surface area contributed by atoms with Crippen molar-refractivity contribution in [2.75, 3.05) is 19.6 Å². The van der Waals surface area contributed by atoms with Crippen LogP contribution in [0.3, 0.4) is 0 Å². The Morgan fingerprint density at radius 2 is 1.74 bits per heavy atom. The number of allylic oxidation sites excluding steroid dienone is 2. The number of benzene rings is 2. The van der Waals surface area contributed by atoms with E-state index in [4.69, 9.17) is 17.3 Å². The van der Waals surface area contributed by atoms with Gasteiger partial charge in [-0.25, -0.2) is 0 Å². The second-order valence-electron chi connectivity index (χ2n) is 10.0. The fraction of sp³-hybridized carbons (Fsp3) is 0.419. The van der Waals surface area contributed by atoms with Crippen molar-refractivity contribution in [3.05, 3.63) is 94.5 Å². The first kappa shape index (κ1) is 29.6. The number of halogens is 1. The average Bonchev–Trinajstić information content (AvgIpc) is 2.92. The summed E-state index contributed by atoms with van der Waals surface area (Å²) in [6.07, 6.45) is 6.68. The molecule has 3 atom stereocenters. The van der Waals surface area contributed by atoms with Gasteiger partial charge in [-0.3, -0.25) is 9.59 Å². The van der Waals surface area contributed by atoms with Crippen LogP contribution in [0.4, 0.5) is 0 Å². The van der Waals surface area contributed by atoms with E-state index in [1.165, 1.54) is 0 Å². The quantitative estimate of drug-likeness (QED) is 0.327. The molecule has 4 N–H and O–H groups in total. The van der Waals surface area contributed by atoms with Crippen molar-refractivity contribution in [3.8, 4) is 0 Å². The number of hydrogen-bond acceptors (Lipinski definition) is 4. The van der Waals surface area contributed by atoms with E-state index < -0.39 is 23.3 Å². The summed E-state index contributed by atoms with van der Waals surface area (Å²) < 4.78 is 0. The van der Waals surface area contributed by atoms with Crippen molar-refractivity contribution >= 4 is 23.4 Å². The van der Waals surface area contributed by atoms with Crippen LogP contribution in [0.2, 0.25) is 5.02 Å². The van der Waals surface area contributed by atoms with Gasteiger partial charge in [0, 0.05) is 42.7 Å². The fourth-order valence-electron chi connectivity index (χ4n) is 5.25. The van der Waals surface area contributed by atoms with Crippen LogP contribution >= 0.6 is 11.6 Å². The molecule has 2 aromatic carbocycles. The van der Waals surface area contributed by atoms with Crippen LogP contribution in [-0.4, -0.2) is 47.6 Å². The molecule has 0 spiro atoms. The Kier molecular flexibility index (Phi) is 11.1. The smallest absolute Gasteiger partial charge is 0.249 e. The van der Waals surface area contributed by atoms with Crippen molar-refractivity contribution in [3.63, 3.8) is 0 Å². The Morgan fingerprint density at radius 3 is 2.37 bits per heavy atom. The van der Waals surface area contributed by atoms with E-state index in [1.54, 1.807) is 18.2 Å². The molecule has 204 valence electrons. The summed E-state index contributed by atoms with van der Waals surface area (Å²) in [5, 5.41) is 15.5. The van der Waals surface area contributed by atoms with E-state index in [0.29, 0.717) is 36.7 Å². The number of carbonyl (C=O) groups is 2. The fourth-order valence-corrected chi connectivity index (χ4v) is 5.45. The Balaban J connectivity index is 1.88. The van der Waals surface area contributed by atoms with Crippen molar-refractivity contribution in [1.29, 1.82) is 0 Å². The highest BCUT2D eigenvalue weighted by Crippen LogP contribution is 2.43. The molecule has 0 bridgehead atoms. The number of carbonyl (C=O) groups excluding carboxylic acids is 2. The SMILES string of the molecule is CCCN(CCC)C(=O)C1=CC=CC(C(N)=O)([C@H](Cc2ccccc2)[C@@H](O)CNCc2ccccc2Cl)C1. The highest BCUT2D eigenvalue weighted by atomic mass is 35.5. The number of amides is 2. The van der Waals surface area contributed by atoms with Crippen LogP contribution in [0.15, 0.2) is 78.4 Å². The van der Waals surface area contributed by atoms with Crippen molar-refractivity contribution < 1.29 is 14.7 Å². The number of primary amides is 1. The van der Waals surface area contributed by atoms with Crippen LogP contribution in [0.5, 0.6) is 0 Å². The lowest BCUT2D eigenvalue weighted by atomic mass is 9.64. The average molecular weight is 538 g/mol. The predicted octanol–water partition coefficient (Wildman–Crippen LogP) is 4.66. The second-order valence-corrected chi connectivity index (χ2v) is 10.4. The molecule has 6 nitrogen and oxygen atoms in total. The summed E-state index contributed by atoms with van der Waals surface area (Å²) >= 11 is 6.30. The molecular formula is C31H40ClN3O3. The molecule has 0 saturated heterocycles. The van der Waals surface area contributed by atoms with Gasteiger partial charge in [-0.15, -0.1) is 0 Å². The zero-order valence-electron chi connectivity index (χ0n) is 22.4. The van der Waals surface area contributed by atoms with Crippen molar-refractivity contribution in [2.45, 2.75) is 52.2 Å². The number of nitrogens with one attached hydrogen (secondary N) is 1. The third-order valence-electron chi connectivity index (χ3n) is 7.23. The van der Waals surface area contributed by atoms with Gasteiger partial charge in [0.2, 0.25) is 11.8 Å². The Morgan fingerprint density at radius 1 is 1.08 bits per heavy atom. The first-order chi connectivity index (χ1) is 18.3. The molecule has 1 aliphatic carbocycles. The minimum absolute atomic E-state index is 0.0755. The number of hydrogen-bond donors (Lipinski definition) is 3. The van der Waals surface area contributed by atoms with Crippen LogP contribution < -0.4 is 11.1 Å². The number of nitrogens with two attached hydrogens (primary N) is 1. The minimum atomic E-state index is -1.22. The number of rotatable bonds is 14. The number of aliphatic hydroxyl groups is 1. The first-order valence-corrected chi connectivity index (χ1v) is 13.8. The van der Waals surface area contributed by atoms with Gasteiger partial charge in [-0.05, 0) is 42.9 Å². The Bertz CT molecular complexity index is 1130. The molecule has 2 amide bonds. The topological polar surface area (TPSA) is 95.7 Å². The van der Waals surface area contributed by atoms with Gasteiger partial charge in [0.15, 0.2) is 0 Å². The van der Waals surface area contributed by atoms with E-state index >= 15 is 0 Å². The summed E-state index contributed by atoms with van der Waals surface area (Å²) in [7, 11) is 0. The summed E-state index contributed by atoms with van der Waals surface area (Å²) in [5.74, 6) is -1.18. The summed E-state index contributed by atoms with van der Waals surface area (Å²) in [4.78, 5) is 28.5. The Hall–Kier alpha value is -2.93. The van der Waals surface area contributed by atoms with E-state index in [9.17, 15) is 14.7 Å². The van der Waals surface area contributed by atoms with Gasteiger partial charge in [-0.2, -0.15) is 0 Å². The standard InChI is InChI=1S/C31H40ClN3O3/c1-3-17-35(18-4-2)29(37)24-14-10-16-31(20-24,30(33)38)26(19-23-11-6-5-7-12-23)28(36)22-34-21-25-13-8-9-15-27(25)32/h5-16,26,28,34,36H,3-4,17-22H2,1-2H3,(H2,33,38)/t26-,28+,31?/m1/s1. The summed E-state index contributed by atoms with van der Waals surface area (Å²) in [5.41, 5.74) is 7.33. The van der Waals surface area contributed by atoms with Gasteiger partial charge >= 0.3 is 0 Å². The molecule has 38 heavy (non-hydrogen) atoms. The van der Waals surface area contributed by atoms with Gasteiger partial charge in [0.05, 0.1) is 11.5 Å². The lowest BCUT2D eigenvalue weighted by Crippen LogP contribution is -2.51. The number of nitrogens with zero attached hydrogens (tertiary/aromatic N) is 1. The third-order valence-corrected chi connectivity index (χ3v) is 7.60. The lowest BCUT2D eigenvalue weighted by molar-refractivity contribution is -0.132. The van der Waals surface area contributed by atoms with Crippen LogP contribution in [0.1, 0.15) is 44.2 Å². The first-order valence-electron chi connectivity index (χ1n) is 13.5. The van der Waals surface area contributed by atoms with E-state index in [0.717, 1.165) is 24.0 Å². The van der Waals surface area contributed by atoms with Crippen LogP contribution in [-0.2, 0) is 22.6 Å². The van der Waals surface area contributed by atoms with Gasteiger partial charge in [0.1, 0.15) is 0 Å². The van der Waals surface area contributed by atoms with Crippen LogP contribution in [0, 0.1) is 11.3 Å². The third kappa shape index (κ3) is 7.34. The van der Waals surface area contributed by atoms with Gasteiger partial charge in [0.25, 0.3) is 0 Å². The van der Waals surface area contributed by atoms with Crippen LogP contribution in [0.25, 0.3) is 0 Å². The van der Waals surface area contributed by atoms with E-state index in [-0.39, 0.29) is 18.9 Å². The summed E-state index contributed by atoms with van der Waals surface area (Å²) in [6.45, 7) is 6.09. The molecule has 0 saturated carbocycles. The largest absolute Gasteiger partial charge is 0.391 e.